The van der Waals surface area contributed by atoms with Gasteiger partial charge < -0.3 is 20.1 Å². The largest absolute Gasteiger partial charge is 0.482 e. The van der Waals surface area contributed by atoms with Crippen molar-refractivity contribution in [2.45, 2.75) is 6.92 Å². The number of nitriles is 1. The molecule has 0 saturated heterocycles. The Morgan fingerprint density at radius 3 is 2.07 bits per heavy atom. The molecule has 0 spiro atoms. The van der Waals surface area contributed by atoms with Gasteiger partial charge in [0.05, 0.1) is 11.6 Å². The van der Waals surface area contributed by atoms with Gasteiger partial charge in [-0.1, -0.05) is 0 Å². The summed E-state index contributed by atoms with van der Waals surface area (Å²) in [6.07, 6.45) is 0. The third-order valence-electron chi connectivity index (χ3n) is 3.19. The zero-order valence-corrected chi connectivity index (χ0v) is 14.5. The summed E-state index contributed by atoms with van der Waals surface area (Å²) in [6, 6.07) is 14.7. The minimum Gasteiger partial charge on any atom is -0.482 e. The van der Waals surface area contributed by atoms with Crippen LogP contribution in [0, 0.1) is 11.3 Å². The number of nitrogens with one attached hydrogen (secondary N) is 2. The Morgan fingerprint density at radius 1 is 0.926 bits per heavy atom. The number of ether oxygens (including phenoxy) is 2. The molecule has 0 bridgehead atoms. The number of hydrogen-bond acceptors (Lipinski definition) is 6. The molecule has 0 aromatic heterocycles. The van der Waals surface area contributed by atoms with Gasteiger partial charge in [-0.3, -0.25) is 9.59 Å². The summed E-state index contributed by atoms with van der Waals surface area (Å²) in [6.45, 7) is 0.586. The molecular weight excluding hydrogens is 350 g/mol. The summed E-state index contributed by atoms with van der Waals surface area (Å²) >= 11 is 0. The Morgan fingerprint density at radius 2 is 1.52 bits per heavy atom. The zero-order chi connectivity index (χ0) is 19.6. The summed E-state index contributed by atoms with van der Waals surface area (Å²) < 4.78 is 10.0. The van der Waals surface area contributed by atoms with Crippen LogP contribution in [0.4, 0.5) is 11.4 Å². The molecule has 0 atom stereocenters. The molecule has 138 valence electrons. The third kappa shape index (κ3) is 6.88. The molecule has 0 fully saturated rings. The average Bonchev–Trinajstić information content (AvgIpc) is 2.66. The Hall–Kier alpha value is -3.86. The fraction of sp³-hybridized carbons (Fsp3) is 0.158. The first kappa shape index (κ1) is 19.5. The second-order valence-corrected chi connectivity index (χ2v) is 5.39. The summed E-state index contributed by atoms with van der Waals surface area (Å²) in [5.41, 5.74) is 1.58. The maximum Gasteiger partial charge on any atom is 0.344 e. The number of benzene rings is 2. The van der Waals surface area contributed by atoms with E-state index in [1.165, 1.54) is 6.92 Å². The molecule has 0 saturated carbocycles. The number of rotatable bonds is 7. The molecule has 2 aromatic rings. The Balaban J connectivity index is 1.71. The highest BCUT2D eigenvalue weighted by atomic mass is 16.6. The van der Waals surface area contributed by atoms with E-state index >= 15 is 0 Å². The zero-order valence-electron chi connectivity index (χ0n) is 14.5. The van der Waals surface area contributed by atoms with Gasteiger partial charge in [-0.25, -0.2) is 4.79 Å². The van der Waals surface area contributed by atoms with Crippen LogP contribution < -0.4 is 15.4 Å². The normalized spacial score (nSPS) is 9.63. The van der Waals surface area contributed by atoms with E-state index in [1.54, 1.807) is 48.5 Å². The van der Waals surface area contributed by atoms with Crippen molar-refractivity contribution in [2.24, 2.45) is 0 Å². The summed E-state index contributed by atoms with van der Waals surface area (Å²) in [7, 11) is 0. The van der Waals surface area contributed by atoms with Crippen molar-refractivity contribution in [2.75, 3.05) is 23.8 Å². The highest BCUT2D eigenvalue weighted by Gasteiger charge is 2.09. The van der Waals surface area contributed by atoms with Gasteiger partial charge >= 0.3 is 5.97 Å². The molecule has 8 heteroatoms. The standard InChI is InChI=1S/C19H17N3O5/c1-13(23)21-15-4-6-16(7-5-15)22-18(24)11-27-19(25)12-26-17-8-2-14(10-20)3-9-17/h2-9H,11-12H2,1H3,(H,21,23)(H,22,24). The van der Waals surface area contributed by atoms with Gasteiger partial charge in [0.15, 0.2) is 13.2 Å². The summed E-state index contributed by atoms with van der Waals surface area (Å²) in [4.78, 5) is 34.4. The van der Waals surface area contributed by atoms with Crippen molar-refractivity contribution in [1.29, 1.82) is 5.26 Å². The number of amides is 2. The number of anilines is 2. The van der Waals surface area contributed by atoms with E-state index in [2.05, 4.69) is 10.6 Å². The van der Waals surface area contributed by atoms with Crippen LogP contribution >= 0.6 is 0 Å². The maximum absolute atomic E-state index is 11.8. The maximum atomic E-state index is 11.8. The monoisotopic (exact) mass is 367 g/mol. The molecule has 0 aliphatic heterocycles. The Bertz CT molecular complexity index is 854. The molecule has 0 heterocycles. The first-order valence-electron chi connectivity index (χ1n) is 7.92. The fourth-order valence-electron chi connectivity index (χ4n) is 1.99. The Labute approximate surface area is 155 Å². The molecule has 8 nitrogen and oxygen atoms in total. The molecule has 2 aromatic carbocycles. The van der Waals surface area contributed by atoms with Gasteiger partial charge in [0.25, 0.3) is 5.91 Å². The van der Waals surface area contributed by atoms with E-state index in [0.717, 1.165) is 0 Å². The lowest BCUT2D eigenvalue weighted by atomic mass is 10.2. The number of carbonyl (C=O) groups is 3. The van der Waals surface area contributed by atoms with Crippen LogP contribution in [0.15, 0.2) is 48.5 Å². The highest BCUT2D eigenvalue weighted by Crippen LogP contribution is 2.13. The second-order valence-electron chi connectivity index (χ2n) is 5.39. The first-order chi connectivity index (χ1) is 13.0. The van der Waals surface area contributed by atoms with Gasteiger partial charge in [0.2, 0.25) is 5.91 Å². The van der Waals surface area contributed by atoms with E-state index in [4.69, 9.17) is 14.7 Å². The molecule has 2 rings (SSSR count). The van der Waals surface area contributed by atoms with Crippen LogP contribution in [-0.2, 0) is 19.1 Å². The van der Waals surface area contributed by atoms with E-state index in [9.17, 15) is 14.4 Å². The molecule has 0 aliphatic rings. The van der Waals surface area contributed by atoms with Crippen LogP contribution in [0.25, 0.3) is 0 Å². The number of nitrogens with zero attached hydrogens (tertiary/aromatic N) is 1. The lowest BCUT2D eigenvalue weighted by Crippen LogP contribution is -2.23. The molecule has 27 heavy (non-hydrogen) atoms. The van der Waals surface area contributed by atoms with Crippen molar-refractivity contribution >= 4 is 29.2 Å². The van der Waals surface area contributed by atoms with Crippen LogP contribution in [0.1, 0.15) is 12.5 Å². The molecule has 0 aliphatic carbocycles. The fourth-order valence-corrected chi connectivity index (χ4v) is 1.99. The number of esters is 1. The van der Waals surface area contributed by atoms with Crippen LogP contribution in [0.2, 0.25) is 0 Å². The summed E-state index contributed by atoms with van der Waals surface area (Å²) in [5, 5.41) is 13.9. The minimum atomic E-state index is -0.699. The smallest absolute Gasteiger partial charge is 0.344 e. The van der Waals surface area contributed by atoms with E-state index in [1.807, 2.05) is 6.07 Å². The summed E-state index contributed by atoms with van der Waals surface area (Å²) in [5.74, 6) is -0.985. The first-order valence-corrected chi connectivity index (χ1v) is 7.92. The predicted octanol–water partition coefficient (Wildman–Crippen LogP) is 2.08. The topological polar surface area (TPSA) is 118 Å². The van der Waals surface area contributed by atoms with Crippen molar-refractivity contribution in [3.8, 4) is 11.8 Å². The second kappa shape index (κ2) is 9.58. The molecule has 2 amide bonds. The van der Waals surface area contributed by atoms with Crippen LogP contribution in [0.5, 0.6) is 5.75 Å². The van der Waals surface area contributed by atoms with Crippen molar-refractivity contribution < 1.29 is 23.9 Å². The Kier molecular flexibility index (Phi) is 6.91. The van der Waals surface area contributed by atoms with E-state index < -0.39 is 18.5 Å². The highest BCUT2D eigenvalue weighted by molar-refractivity contribution is 5.93. The third-order valence-corrected chi connectivity index (χ3v) is 3.19. The van der Waals surface area contributed by atoms with Gasteiger partial charge in [0.1, 0.15) is 5.75 Å². The van der Waals surface area contributed by atoms with Gasteiger partial charge in [0, 0.05) is 18.3 Å². The van der Waals surface area contributed by atoms with Gasteiger partial charge in [-0.2, -0.15) is 5.26 Å². The van der Waals surface area contributed by atoms with Crippen LogP contribution in [0.3, 0.4) is 0 Å². The number of carbonyl (C=O) groups excluding carboxylic acids is 3. The van der Waals surface area contributed by atoms with Crippen molar-refractivity contribution in [1.82, 2.24) is 0 Å². The molecule has 0 unspecified atom stereocenters. The van der Waals surface area contributed by atoms with E-state index in [-0.39, 0.29) is 12.5 Å². The predicted molar refractivity (Wildman–Crippen MR) is 97.0 cm³/mol. The van der Waals surface area contributed by atoms with E-state index in [0.29, 0.717) is 22.7 Å². The average molecular weight is 367 g/mol. The molecular formula is C19H17N3O5. The quantitative estimate of drug-likeness (QED) is 0.724. The van der Waals surface area contributed by atoms with Gasteiger partial charge in [-0.15, -0.1) is 0 Å². The lowest BCUT2D eigenvalue weighted by molar-refractivity contribution is -0.149. The molecule has 2 N–H and O–H groups in total. The van der Waals surface area contributed by atoms with Crippen molar-refractivity contribution in [3.05, 3.63) is 54.1 Å². The molecule has 0 radical (unpaired) electrons. The van der Waals surface area contributed by atoms with Crippen LogP contribution in [-0.4, -0.2) is 31.0 Å². The number of hydrogen-bond donors (Lipinski definition) is 2. The van der Waals surface area contributed by atoms with Crippen molar-refractivity contribution in [3.63, 3.8) is 0 Å². The lowest BCUT2D eigenvalue weighted by Gasteiger charge is -2.08. The SMILES string of the molecule is CC(=O)Nc1ccc(NC(=O)COC(=O)COc2ccc(C#N)cc2)cc1. The van der Waals surface area contributed by atoms with Gasteiger partial charge in [-0.05, 0) is 48.5 Å². The minimum absolute atomic E-state index is 0.193.